The molecule has 1 aromatic heterocycles. The first-order chi connectivity index (χ1) is 12.5. The number of thiazole rings is 1. The molecule has 134 valence electrons. The maximum atomic E-state index is 12.3. The number of benzene rings is 2. The molecular weight excluding hydrogens is 370 g/mol. The second kappa shape index (κ2) is 7.95. The summed E-state index contributed by atoms with van der Waals surface area (Å²) in [6, 6.07) is 11.0. The van der Waals surface area contributed by atoms with E-state index in [1.54, 1.807) is 18.2 Å². The normalized spacial score (nSPS) is 11.1. The Hall–Kier alpha value is -2.28. The Balaban J connectivity index is 2.05. The Bertz CT molecular complexity index is 951. The summed E-state index contributed by atoms with van der Waals surface area (Å²) in [6.45, 7) is 1.48. The van der Waals surface area contributed by atoms with E-state index in [1.165, 1.54) is 11.3 Å². The van der Waals surface area contributed by atoms with Gasteiger partial charge in [-0.1, -0.05) is 23.7 Å². The molecule has 0 radical (unpaired) electrons. The lowest BCUT2D eigenvalue weighted by atomic mass is 10.1. The highest BCUT2D eigenvalue weighted by molar-refractivity contribution is 7.22. The van der Waals surface area contributed by atoms with E-state index in [-0.39, 0.29) is 0 Å². The second-order valence-corrected chi connectivity index (χ2v) is 7.51. The van der Waals surface area contributed by atoms with Crippen molar-refractivity contribution in [3.05, 3.63) is 47.0 Å². The third kappa shape index (κ3) is 3.93. The van der Waals surface area contributed by atoms with Crippen LogP contribution in [-0.4, -0.2) is 49.1 Å². The second-order valence-electron chi connectivity index (χ2n) is 6.07. The quantitative estimate of drug-likeness (QED) is 0.377. The molecular formula is C19H18ClN3O2S. The van der Waals surface area contributed by atoms with Gasteiger partial charge < -0.3 is 10.2 Å². The van der Waals surface area contributed by atoms with Gasteiger partial charge in [-0.05, 0) is 38.4 Å². The number of fused-ring (bicyclic) bond motifs is 1. The first kappa shape index (κ1) is 18.5. The predicted octanol–water partition coefficient (Wildman–Crippen LogP) is 3.97. The molecule has 0 fully saturated rings. The van der Waals surface area contributed by atoms with Crippen molar-refractivity contribution in [3.8, 4) is 10.6 Å². The molecule has 1 N–H and O–H groups in total. The summed E-state index contributed by atoms with van der Waals surface area (Å²) < 4.78 is 0.710. The van der Waals surface area contributed by atoms with Crippen molar-refractivity contribution in [3.63, 3.8) is 0 Å². The van der Waals surface area contributed by atoms with Gasteiger partial charge in [0.1, 0.15) is 5.01 Å². The van der Waals surface area contributed by atoms with Crippen molar-refractivity contribution in [1.29, 1.82) is 0 Å². The zero-order valence-electron chi connectivity index (χ0n) is 14.5. The summed E-state index contributed by atoms with van der Waals surface area (Å²) in [5, 5.41) is 4.68. The van der Waals surface area contributed by atoms with E-state index in [1.807, 2.05) is 37.2 Å². The predicted molar refractivity (Wildman–Crippen MR) is 108 cm³/mol. The number of hydrogen-bond acceptors (Lipinski definition) is 6. The Kier molecular flexibility index (Phi) is 5.66. The minimum Gasteiger partial charge on any atom is -0.383 e. The van der Waals surface area contributed by atoms with Gasteiger partial charge in [-0.2, -0.15) is 0 Å². The van der Waals surface area contributed by atoms with Crippen LogP contribution in [-0.2, 0) is 4.79 Å². The van der Waals surface area contributed by atoms with Crippen molar-refractivity contribution in [2.24, 2.45) is 0 Å². The Morgan fingerprint density at radius 2 is 1.96 bits per heavy atom. The van der Waals surface area contributed by atoms with E-state index in [0.717, 1.165) is 17.1 Å². The highest BCUT2D eigenvalue weighted by Crippen LogP contribution is 2.35. The number of nitrogens with zero attached hydrogens (tertiary/aromatic N) is 2. The van der Waals surface area contributed by atoms with E-state index >= 15 is 0 Å². The highest BCUT2D eigenvalue weighted by Gasteiger charge is 2.19. The van der Waals surface area contributed by atoms with Crippen LogP contribution in [0.5, 0.6) is 0 Å². The molecule has 0 saturated heterocycles. The molecule has 7 heteroatoms. The van der Waals surface area contributed by atoms with Crippen molar-refractivity contribution in [2.45, 2.75) is 0 Å². The van der Waals surface area contributed by atoms with Crippen LogP contribution in [0.25, 0.3) is 20.8 Å². The summed E-state index contributed by atoms with van der Waals surface area (Å²) in [7, 11) is 3.95. The molecule has 0 aliphatic heterocycles. The zero-order chi connectivity index (χ0) is 18.7. The van der Waals surface area contributed by atoms with Crippen LogP contribution in [0.3, 0.4) is 0 Å². The Morgan fingerprint density at radius 1 is 1.23 bits per heavy atom. The van der Waals surface area contributed by atoms with Gasteiger partial charge in [-0.25, -0.2) is 4.98 Å². The average Bonchev–Trinajstić information content (AvgIpc) is 3.05. The number of halogens is 1. The highest BCUT2D eigenvalue weighted by atomic mass is 35.5. The lowest BCUT2D eigenvalue weighted by Gasteiger charge is -2.13. The molecule has 5 nitrogen and oxygen atoms in total. The molecule has 0 aliphatic rings. The number of Topliss-reactive ketones (excluding diaryl/α,β-unsaturated/α-hetero) is 1. The van der Waals surface area contributed by atoms with Crippen molar-refractivity contribution >= 4 is 50.9 Å². The summed E-state index contributed by atoms with van der Waals surface area (Å²) >= 11 is 7.34. The number of nitrogens with one attached hydrogen (secondary N) is 1. The smallest absolute Gasteiger partial charge is 0.228 e. The van der Waals surface area contributed by atoms with Crippen LogP contribution in [0, 0.1) is 0 Å². The van der Waals surface area contributed by atoms with Gasteiger partial charge in [0.2, 0.25) is 5.78 Å². The maximum absolute atomic E-state index is 12.3. The summed E-state index contributed by atoms with van der Waals surface area (Å²) in [5.74, 6) is -0.547. The Labute approximate surface area is 160 Å². The molecule has 0 saturated carbocycles. The lowest BCUT2D eigenvalue weighted by Crippen LogP contribution is -2.21. The van der Waals surface area contributed by atoms with Gasteiger partial charge in [0.25, 0.3) is 0 Å². The number of likely N-dealkylation sites (N-methyl/N-ethyl adjacent to an activating group) is 1. The minimum atomic E-state index is -0.547. The number of ketones is 1. The van der Waals surface area contributed by atoms with Gasteiger partial charge in [-0.15, -0.1) is 11.3 Å². The molecule has 3 rings (SSSR count). The van der Waals surface area contributed by atoms with Crippen molar-refractivity contribution < 1.29 is 9.59 Å². The Morgan fingerprint density at radius 3 is 2.62 bits per heavy atom. The van der Waals surface area contributed by atoms with E-state index < -0.39 is 5.78 Å². The fourth-order valence-corrected chi connectivity index (χ4v) is 3.82. The van der Waals surface area contributed by atoms with Crippen LogP contribution in [0.2, 0.25) is 5.02 Å². The summed E-state index contributed by atoms with van der Waals surface area (Å²) in [5.41, 5.74) is 2.65. The van der Waals surface area contributed by atoms with E-state index in [0.29, 0.717) is 39.3 Å². The largest absolute Gasteiger partial charge is 0.383 e. The number of aromatic nitrogens is 1. The molecule has 0 spiro atoms. The molecule has 26 heavy (non-hydrogen) atoms. The van der Waals surface area contributed by atoms with Gasteiger partial charge >= 0.3 is 0 Å². The molecule has 1 heterocycles. The number of anilines is 1. The number of aldehydes is 1. The van der Waals surface area contributed by atoms with Crippen molar-refractivity contribution in [1.82, 2.24) is 9.88 Å². The van der Waals surface area contributed by atoms with Crippen LogP contribution in [0.1, 0.15) is 10.4 Å². The van der Waals surface area contributed by atoms with E-state index in [4.69, 9.17) is 11.6 Å². The van der Waals surface area contributed by atoms with Crippen LogP contribution < -0.4 is 5.32 Å². The molecule has 0 amide bonds. The third-order valence-electron chi connectivity index (χ3n) is 3.88. The first-order valence-electron chi connectivity index (χ1n) is 8.07. The summed E-state index contributed by atoms with van der Waals surface area (Å²) in [4.78, 5) is 30.1. The minimum absolute atomic E-state index is 0.355. The van der Waals surface area contributed by atoms with Gasteiger partial charge in [0.15, 0.2) is 6.29 Å². The number of carbonyl (C=O) groups is 2. The van der Waals surface area contributed by atoms with Crippen LogP contribution in [0.4, 0.5) is 5.69 Å². The fourth-order valence-electron chi connectivity index (χ4n) is 2.57. The topological polar surface area (TPSA) is 62.3 Å². The standard InChI is InChI=1S/C19H18ClN3O2S/c1-23(2)10-9-21-14-7-8-15-18(17(14)16(25)11-24)26-19(22-15)12-3-5-13(20)6-4-12/h3-8,11,21H,9-10H2,1-2H3. The van der Waals surface area contributed by atoms with Crippen LogP contribution >= 0.6 is 22.9 Å². The number of hydrogen-bond donors (Lipinski definition) is 1. The monoisotopic (exact) mass is 387 g/mol. The molecule has 3 aromatic rings. The molecule has 0 unspecified atom stereocenters. The average molecular weight is 388 g/mol. The summed E-state index contributed by atoms with van der Waals surface area (Å²) in [6.07, 6.45) is 0.355. The zero-order valence-corrected chi connectivity index (χ0v) is 16.0. The van der Waals surface area contributed by atoms with E-state index in [2.05, 4.69) is 10.3 Å². The third-order valence-corrected chi connectivity index (χ3v) is 5.27. The first-order valence-corrected chi connectivity index (χ1v) is 9.26. The van der Waals surface area contributed by atoms with Gasteiger partial charge in [0, 0.05) is 29.4 Å². The SMILES string of the molecule is CN(C)CCNc1ccc2nc(-c3ccc(Cl)cc3)sc2c1C(=O)C=O. The maximum Gasteiger partial charge on any atom is 0.228 e. The number of carbonyl (C=O) groups excluding carboxylic acids is 2. The van der Waals surface area contributed by atoms with Crippen LogP contribution in [0.15, 0.2) is 36.4 Å². The molecule has 0 bridgehead atoms. The molecule has 0 aliphatic carbocycles. The fraction of sp³-hybridized carbons (Fsp3) is 0.211. The van der Waals surface area contributed by atoms with E-state index in [9.17, 15) is 9.59 Å². The van der Waals surface area contributed by atoms with Crippen molar-refractivity contribution in [2.75, 3.05) is 32.5 Å². The molecule has 0 atom stereocenters. The lowest BCUT2D eigenvalue weighted by molar-refractivity contribution is -0.104. The number of rotatable bonds is 7. The van der Waals surface area contributed by atoms with Gasteiger partial charge in [0.05, 0.1) is 15.8 Å². The molecule has 2 aromatic carbocycles. The van der Waals surface area contributed by atoms with Gasteiger partial charge in [-0.3, -0.25) is 9.59 Å².